The van der Waals surface area contributed by atoms with Gasteiger partial charge in [0.05, 0.1) is 41.6 Å². The van der Waals surface area contributed by atoms with Crippen LogP contribution in [0.1, 0.15) is 77.5 Å². The van der Waals surface area contributed by atoms with Crippen LogP contribution in [0.5, 0.6) is 0 Å². The Hall–Kier alpha value is -7.35. The van der Waals surface area contributed by atoms with Gasteiger partial charge in [0.1, 0.15) is 11.7 Å². The molecule has 1 unspecified atom stereocenters. The molecule has 2 aromatic carbocycles. The number of anilines is 1. The second kappa shape index (κ2) is 18.9. The second-order valence-corrected chi connectivity index (χ2v) is 17.6. The Bertz CT molecular complexity index is 2950. The van der Waals surface area contributed by atoms with Crippen LogP contribution in [-0.2, 0) is 32.7 Å². The summed E-state index contributed by atoms with van der Waals surface area (Å²) in [6.07, 6.45) is 12.4. The van der Waals surface area contributed by atoms with Gasteiger partial charge in [0.15, 0.2) is 11.3 Å². The van der Waals surface area contributed by atoms with Crippen LogP contribution in [0.3, 0.4) is 0 Å². The Labute approximate surface area is 385 Å². The third kappa shape index (κ3) is 9.25. The molecule has 3 aliphatic heterocycles. The smallest absolute Gasteiger partial charge is 0.329 e. The van der Waals surface area contributed by atoms with E-state index in [2.05, 4.69) is 31.7 Å². The zero-order valence-electron chi connectivity index (χ0n) is 38.1. The number of amides is 5. The molecule has 0 aliphatic carbocycles. The van der Waals surface area contributed by atoms with E-state index in [1.807, 2.05) is 35.2 Å². The Kier molecular flexibility index (Phi) is 12.6. The van der Waals surface area contributed by atoms with Gasteiger partial charge in [-0.25, -0.2) is 9.48 Å². The van der Waals surface area contributed by atoms with Crippen molar-refractivity contribution in [3.05, 3.63) is 94.6 Å². The number of ether oxygens (including phenoxy) is 1. The van der Waals surface area contributed by atoms with Crippen molar-refractivity contribution in [1.29, 1.82) is 0 Å². The highest BCUT2D eigenvalue weighted by atomic mass is 16.5. The Morgan fingerprint density at radius 1 is 0.970 bits per heavy atom. The number of aryl methyl sites for hydroxylation is 2. The molecule has 1 N–H and O–H groups in total. The Morgan fingerprint density at radius 3 is 2.55 bits per heavy atom. The number of piperidine rings is 2. The van der Waals surface area contributed by atoms with Crippen molar-refractivity contribution in [1.82, 2.24) is 53.9 Å². The highest BCUT2D eigenvalue weighted by Crippen LogP contribution is 2.33. The fourth-order valence-corrected chi connectivity index (χ4v) is 9.20. The maximum Gasteiger partial charge on any atom is 0.329 e. The van der Waals surface area contributed by atoms with Gasteiger partial charge in [-0.1, -0.05) is 11.3 Å². The van der Waals surface area contributed by atoms with Gasteiger partial charge < -0.3 is 28.8 Å². The summed E-state index contributed by atoms with van der Waals surface area (Å²) in [5.74, 6) is -1.09. The number of rotatable bonds is 14. The van der Waals surface area contributed by atoms with Crippen LogP contribution in [0.4, 0.5) is 5.69 Å². The highest BCUT2D eigenvalue weighted by molar-refractivity contribution is 6.01. The normalized spacial score (nSPS) is 17.0. The van der Waals surface area contributed by atoms with Gasteiger partial charge in [0.25, 0.3) is 11.8 Å². The molecule has 5 amide bonds. The number of imide groups is 1. The van der Waals surface area contributed by atoms with Crippen molar-refractivity contribution in [2.75, 3.05) is 65.4 Å². The summed E-state index contributed by atoms with van der Waals surface area (Å²) in [6.45, 7) is 3.94. The monoisotopic (exact) mass is 914 g/mol. The lowest BCUT2D eigenvalue weighted by Gasteiger charge is -2.33. The largest absolute Gasteiger partial charge is 0.449 e. The molecule has 0 spiro atoms. The Balaban J connectivity index is 0.804. The molecule has 350 valence electrons. The van der Waals surface area contributed by atoms with Crippen molar-refractivity contribution >= 4 is 62.8 Å². The van der Waals surface area contributed by atoms with E-state index >= 15 is 0 Å². The molecule has 67 heavy (non-hydrogen) atoms. The molecule has 0 saturated carbocycles. The average Bonchev–Trinajstić information content (AvgIpc) is 4.17. The van der Waals surface area contributed by atoms with E-state index in [0.717, 1.165) is 48.3 Å². The summed E-state index contributed by atoms with van der Waals surface area (Å²) in [5, 5.41) is 15.4. The number of imidazole rings is 1. The van der Waals surface area contributed by atoms with Crippen LogP contribution in [0.2, 0.25) is 0 Å². The summed E-state index contributed by atoms with van der Waals surface area (Å²) in [6, 6.07) is 10.7. The van der Waals surface area contributed by atoms with Crippen molar-refractivity contribution in [3.8, 4) is 5.69 Å². The number of furan rings is 1. The molecule has 0 bridgehead atoms. The second-order valence-electron chi connectivity index (χ2n) is 17.6. The number of carbonyl (C=O) groups excluding carboxylic acids is 5. The molecule has 2 saturated heterocycles. The van der Waals surface area contributed by atoms with E-state index < -0.39 is 11.9 Å². The molecule has 1 atom stereocenters. The average molecular weight is 915 g/mol. The first-order valence-corrected chi connectivity index (χ1v) is 22.6. The van der Waals surface area contributed by atoms with Crippen LogP contribution in [0, 0.1) is 0 Å². The van der Waals surface area contributed by atoms with Gasteiger partial charge >= 0.3 is 5.69 Å². The number of nitrogens with one attached hydrogen (secondary N) is 1. The number of hydrogen-bond acceptors (Lipinski definition) is 12. The molecular formula is C47H54N12O8. The molecule has 20 nitrogen and oxygen atoms in total. The van der Waals surface area contributed by atoms with Crippen LogP contribution >= 0.6 is 0 Å². The van der Waals surface area contributed by atoms with Crippen molar-refractivity contribution in [3.63, 3.8) is 0 Å². The molecule has 0 radical (unpaired) electrons. The van der Waals surface area contributed by atoms with Crippen molar-refractivity contribution in [2.45, 2.75) is 63.6 Å². The van der Waals surface area contributed by atoms with Crippen LogP contribution < -0.4 is 15.9 Å². The van der Waals surface area contributed by atoms with E-state index in [1.165, 1.54) is 15.7 Å². The lowest BCUT2D eigenvalue weighted by molar-refractivity contribution is -0.136. The van der Waals surface area contributed by atoms with E-state index in [1.54, 1.807) is 71.7 Å². The number of fused-ring (bicyclic) bond motifs is 2. The fraction of sp³-hybridized carbons (Fsp3) is 0.426. The number of nitrogens with zero attached hydrogens (tertiary/aromatic N) is 11. The number of carbonyl (C=O) groups is 5. The zero-order valence-corrected chi connectivity index (χ0v) is 38.1. The predicted octanol–water partition coefficient (Wildman–Crippen LogP) is 3.40. The lowest BCUT2D eigenvalue weighted by atomic mass is 9.98. The van der Waals surface area contributed by atoms with Crippen LogP contribution in [0.15, 0.2) is 76.5 Å². The Morgan fingerprint density at radius 2 is 1.79 bits per heavy atom. The number of benzene rings is 2. The molecule has 20 heteroatoms. The minimum atomic E-state index is -0.730. The number of aromatic nitrogens is 7. The highest BCUT2D eigenvalue weighted by Gasteiger charge is 2.32. The van der Waals surface area contributed by atoms with Crippen molar-refractivity contribution in [2.24, 2.45) is 7.05 Å². The standard InChI is InChI=1S/C47H54N12O8/c1-52(2)46(64)40-25-32-23-31(30-7-5-17-56(28-30)42(61)14-20-57-21-15-48-51-57)24-39(43(32)67-40)58-29-33(27-49-58)45(63)53(3)16-6-22-66-35-12-18-55(19-13-35)34-8-9-36-38(26-34)54(4)47(65)59(36)37-10-11-41(60)50-44(37)62/h7-9,15,21,23-27,29,35,37H,5-6,10-14,16-20,22,28H2,1-4H3,(H,50,60,62). The summed E-state index contributed by atoms with van der Waals surface area (Å²) >= 11 is 0. The van der Waals surface area contributed by atoms with Crippen molar-refractivity contribution < 1.29 is 33.1 Å². The topological polar surface area (TPSA) is 208 Å². The fourth-order valence-electron chi connectivity index (χ4n) is 9.20. The molecule has 3 aliphatic rings. The first-order chi connectivity index (χ1) is 32.3. The van der Waals surface area contributed by atoms with Gasteiger partial charge in [-0.15, -0.1) is 5.10 Å². The first-order valence-electron chi connectivity index (χ1n) is 22.6. The summed E-state index contributed by atoms with van der Waals surface area (Å²) in [4.78, 5) is 84.7. The quantitative estimate of drug-likeness (QED) is 0.123. The third-order valence-electron chi connectivity index (χ3n) is 12.9. The zero-order chi connectivity index (χ0) is 46.9. The summed E-state index contributed by atoms with van der Waals surface area (Å²) in [7, 11) is 6.76. The van der Waals surface area contributed by atoms with Gasteiger partial charge in [-0.2, -0.15) is 5.10 Å². The molecule has 7 heterocycles. The maximum atomic E-state index is 13.7. The van der Waals surface area contributed by atoms with E-state index in [0.29, 0.717) is 79.8 Å². The maximum absolute atomic E-state index is 13.7. The minimum Gasteiger partial charge on any atom is -0.449 e. The van der Waals surface area contributed by atoms with E-state index in [9.17, 15) is 28.8 Å². The van der Waals surface area contributed by atoms with Gasteiger partial charge in [0.2, 0.25) is 17.7 Å². The summed E-state index contributed by atoms with van der Waals surface area (Å²) < 4.78 is 18.7. The predicted molar refractivity (Wildman–Crippen MR) is 247 cm³/mol. The van der Waals surface area contributed by atoms with Crippen LogP contribution in [-0.4, -0.2) is 145 Å². The van der Waals surface area contributed by atoms with Crippen LogP contribution in [0.25, 0.3) is 33.3 Å². The minimum absolute atomic E-state index is 0.0155. The molecule has 6 aromatic rings. The summed E-state index contributed by atoms with van der Waals surface area (Å²) in [5.41, 5.74) is 5.25. The van der Waals surface area contributed by atoms with Gasteiger partial charge in [0, 0.05) is 104 Å². The van der Waals surface area contributed by atoms with Gasteiger partial charge in [-0.3, -0.25) is 43.1 Å². The SMILES string of the molecule is CN(C)C(=O)c1cc2cc(C3=CCCN(C(=O)CCn4ccnn4)C3)cc(-n3cc(C(=O)N(C)CCCOC4CCN(c5ccc6c(c5)n(C)c(=O)n6C5CCC(=O)NC5=O)CC4)cn3)c2o1. The molecule has 9 rings (SSSR count). The van der Waals surface area contributed by atoms with E-state index in [-0.39, 0.29) is 54.0 Å². The molecule has 2 fully saturated rings. The van der Waals surface area contributed by atoms with Gasteiger partial charge in [-0.05, 0) is 79.6 Å². The van der Waals surface area contributed by atoms with E-state index in [4.69, 9.17) is 9.15 Å². The molecule has 4 aromatic heterocycles. The third-order valence-corrected chi connectivity index (χ3v) is 12.9. The lowest BCUT2D eigenvalue weighted by Crippen LogP contribution is -2.44. The first kappa shape index (κ1) is 44.8. The molecular weight excluding hydrogens is 861 g/mol. The number of hydrogen-bond donors (Lipinski definition) is 1.